The molecule has 0 spiro atoms. The molecule has 0 fully saturated rings. The SMILES string of the molecule is C=C(c1ccccc1)N(C)c1ccc(-c2ccccc2)cc1N. The van der Waals surface area contributed by atoms with Crippen molar-refractivity contribution in [1.29, 1.82) is 0 Å². The first-order chi connectivity index (χ1) is 11.2. The van der Waals surface area contributed by atoms with Gasteiger partial charge in [-0.25, -0.2) is 0 Å². The van der Waals surface area contributed by atoms with Gasteiger partial charge in [0, 0.05) is 12.7 Å². The van der Waals surface area contributed by atoms with Crippen LogP contribution < -0.4 is 10.6 Å². The molecule has 2 heteroatoms. The zero-order valence-corrected chi connectivity index (χ0v) is 13.2. The third-order valence-electron chi connectivity index (χ3n) is 4.01. The molecule has 0 amide bonds. The summed E-state index contributed by atoms with van der Waals surface area (Å²) in [7, 11) is 1.99. The van der Waals surface area contributed by atoms with Crippen LogP contribution in [0, 0.1) is 0 Å². The first kappa shape index (κ1) is 14.9. The Morgan fingerprint density at radius 1 is 0.826 bits per heavy atom. The van der Waals surface area contributed by atoms with E-state index in [1.165, 1.54) is 0 Å². The quantitative estimate of drug-likeness (QED) is 0.684. The van der Waals surface area contributed by atoms with E-state index in [0.717, 1.165) is 33.8 Å². The van der Waals surface area contributed by atoms with Crippen molar-refractivity contribution >= 4 is 17.1 Å². The van der Waals surface area contributed by atoms with Crippen LogP contribution in [0.2, 0.25) is 0 Å². The lowest BCUT2D eigenvalue weighted by atomic mass is 10.0. The van der Waals surface area contributed by atoms with Gasteiger partial charge >= 0.3 is 0 Å². The lowest BCUT2D eigenvalue weighted by molar-refractivity contribution is 1.23. The monoisotopic (exact) mass is 300 g/mol. The van der Waals surface area contributed by atoms with Crippen molar-refractivity contribution < 1.29 is 0 Å². The highest BCUT2D eigenvalue weighted by atomic mass is 15.1. The smallest absolute Gasteiger partial charge is 0.0642 e. The topological polar surface area (TPSA) is 29.3 Å². The Labute approximate surface area is 137 Å². The zero-order chi connectivity index (χ0) is 16.2. The Bertz CT molecular complexity index is 808. The van der Waals surface area contributed by atoms with Gasteiger partial charge in [-0.3, -0.25) is 0 Å². The van der Waals surface area contributed by atoms with Gasteiger partial charge in [-0.15, -0.1) is 0 Å². The number of anilines is 2. The maximum absolute atomic E-state index is 6.29. The van der Waals surface area contributed by atoms with E-state index in [4.69, 9.17) is 5.73 Å². The molecular formula is C21H20N2. The molecule has 3 aromatic rings. The standard InChI is InChI=1S/C21H20N2/c1-16(17-9-5-3-6-10-17)23(2)21-14-13-19(15-20(21)22)18-11-7-4-8-12-18/h3-15H,1,22H2,2H3. The van der Waals surface area contributed by atoms with Crippen LogP contribution in [0.15, 0.2) is 85.4 Å². The fourth-order valence-corrected chi connectivity index (χ4v) is 2.64. The molecule has 0 atom stereocenters. The van der Waals surface area contributed by atoms with Gasteiger partial charge in [0.1, 0.15) is 0 Å². The van der Waals surface area contributed by atoms with E-state index in [0.29, 0.717) is 0 Å². The molecule has 0 aliphatic carbocycles. The van der Waals surface area contributed by atoms with Crippen LogP contribution in [-0.4, -0.2) is 7.05 Å². The van der Waals surface area contributed by atoms with Crippen molar-refractivity contribution in [3.8, 4) is 11.1 Å². The third-order valence-corrected chi connectivity index (χ3v) is 4.01. The number of benzene rings is 3. The molecule has 23 heavy (non-hydrogen) atoms. The molecule has 0 saturated heterocycles. The Balaban J connectivity index is 1.90. The van der Waals surface area contributed by atoms with Gasteiger partial charge in [0.05, 0.1) is 11.4 Å². The van der Waals surface area contributed by atoms with Crippen LogP contribution in [0.1, 0.15) is 5.56 Å². The molecule has 2 N–H and O–H groups in total. The first-order valence-corrected chi connectivity index (χ1v) is 7.60. The highest BCUT2D eigenvalue weighted by Crippen LogP contribution is 2.32. The summed E-state index contributed by atoms with van der Waals surface area (Å²) >= 11 is 0. The number of nitrogen functional groups attached to an aromatic ring is 1. The minimum Gasteiger partial charge on any atom is -0.397 e. The van der Waals surface area contributed by atoms with Gasteiger partial charge in [-0.1, -0.05) is 73.3 Å². The molecule has 0 aliphatic rings. The van der Waals surface area contributed by atoms with Gasteiger partial charge in [-0.2, -0.15) is 0 Å². The van der Waals surface area contributed by atoms with Gasteiger partial charge < -0.3 is 10.6 Å². The average Bonchev–Trinajstić information content (AvgIpc) is 2.62. The number of nitrogens with two attached hydrogens (primary N) is 1. The summed E-state index contributed by atoms with van der Waals surface area (Å²) in [5.74, 6) is 0. The van der Waals surface area contributed by atoms with E-state index >= 15 is 0 Å². The molecule has 3 aromatic carbocycles. The van der Waals surface area contributed by atoms with Crippen LogP contribution in [0.3, 0.4) is 0 Å². The van der Waals surface area contributed by atoms with E-state index in [1.807, 2.05) is 72.6 Å². The maximum atomic E-state index is 6.29. The van der Waals surface area contributed by atoms with Crippen LogP contribution in [0.5, 0.6) is 0 Å². The summed E-state index contributed by atoms with van der Waals surface area (Å²) in [4.78, 5) is 2.03. The Hall–Kier alpha value is -3.00. The highest BCUT2D eigenvalue weighted by Gasteiger charge is 2.11. The van der Waals surface area contributed by atoms with Crippen molar-refractivity contribution in [3.63, 3.8) is 0 Å². The van der Waals surface area contributed by atoms with Gasteiger partial charge in [0.15, 0.2) is 0 Å². The van der Waals surface area contributed by atoms with E-state index in [2.05, 4.69) is 24.8 Å². The molecule has 0 radical (unpaired) electrons. The fraction of sp³-hybridized carbons (Fsp3) is 0.0476. The van der Waals surface area contributed by atoms with Crippen LogP contribution in [0.25, 0.3) is 16.8 Å². The Morgan fingerprint density at radius 3 is 2.04 bits per heavy atom. The van der Waals surface area contributed by atoms with Crippen molar-refractivity contribution in [3.05, 3.63) is 91.0 Å². The number of nitrogens with zero attached hydrogens (tertiary/aromatic N) is 1. The lowest BCUT2D eigenvalue weighted by Gasteiger charge is -2.24. The normalized spacial score (nSPS) is 10.3. The van der Waals surface area contributed by atoms with Crippen molar-refractivity contribution in [1.82, 2.24) is 0 Å². The van der Waals surface area contributed by atoms with Gasteiger partial charge in [-0.05, 0) is 28.8 Å². The molecule has 0 unspecified atom stereocenters. The number of hydrogen-bond donors (Lipinski definition) is 1. The second-order valence-electron chi connectivity index (χ2n) is 5.51. The first-order valence-electron chi connectivity index (χ1n) is 7.60. The molecule has 0 saturated carbocycles. The van der Waals surface area contributed by atoms with Crippen molar-refractivity contribution in [2.45, 2.75) is 0 Å². The van der Waals surface area contributed by atoms with Crippen LogP contribution in [-0.2, 0) is 0 Å². The Kier molecular flexibility index (Phi) is 4.15. The second-order valence-corrected chi connectivity index (χ2v) is 5.51. The Morgan fingerprint density at radius 2 is 1.43 bits per heavy atom. The number of hydrogen-bond acceptors (Lipinski definition) is 2. The number of rotatable bonds is 4. The van der Waals surface area contributed by atoms with Crippen molar-refractivity contribution in [2.24, 2.45) is 0 Å². The summed E-state index contributed by atoms with van der Waals surface area (Å²) < 4.78 is 0. The summed E-state index contributed by atoms with van der Waals surface area (Å²) in [6.07, 6.45) is 0. The minimum atomic E-state index is 0.742. The molecule has 3 rings (SSSR count). The molecule has 0 aliphatic heterocycles. The molecule has 0 heterocycles. The average molecular weight is 300 g/mol. The highest BCUT2D eigenvalue weighted by molar-refractivity contribution is 5.85. The molecule has 0 aromatic heterocycles. The maximum Gasteiger partial charge on any atom is 0.0642 e. The second kappa shape index (κ2) is 6.41. The van der Waals surface area contributed by atoms with Gasteiger partial charge in [0.2, 0.25) is 0 Å². The summed E-state index contributed by atoms with van der Waals surface area (Å²) in [6.45, 7) is 4.19. The van der Waals surface area contributed by atoms with Crippen LogP contribution >= 0.6 is 0 Å². The van der Waals surface area contributed by atoms with Gasteiger partial charge in [0.25, 0.3) is 0 Å². The summed E-state index contributed by atoms with van der Waals surface area (Å²) in [6, 6.07) is 26.5. The lowest BCUT2D eigenvalue weighted by Crippen LogP contribution is -2.16. The van der Waals surface area contributed by atoms with E-state index < -0.39 is 0 Å². The predicted molar refractivity (Wildman–Crippen MR) is 100 cm³/mol. The minimum absolute atomic E-state index is 0.742. The van der Waals surface area contributed by atoms with E-state index in [-0.39, 0.29) is 0 Å². The van der Waals surface area contributed by atoms with E-state index in [1.54, 1.807) is 0 Å². The summed E-state index contributed by atoms with van der Waals surface area (Å²) in [5, 5.41) is 0. The molecule has 2 nitrogen and oxygen atoms in total. The summed E-state index contributed by atoms with van der Waals surface area (Å²) in [5.41, 5.74) is 12.3. The zero-order valence-electron chi connectivity index (χ0n) is 13.2. The molecule has 0 bridgehead atoms. The largest absolute Gasteiger partial charge is 0.397 e. The molecular weight excluding hydrogens is 280 g/mol. The van der Waals surface area contributed by atoms with Crippen LogP contribution in [0.4, 0.5) is 11.4 Å². The van der Waals surface area contributed by atoms with Crippen molar-refractivity contribution in [2.75, 3.05) is 17.7 Å². The fourth-order valence-electron chi connectivity index (χ4n) is 2.64. The predicted octanol–water partition coefficient (Wildman–Crippen LogP) is 5.04. The van der Waals surface area contributed by atoms with E-state index in [9.17, 15) is 0 Å². The molecule has 114 valence electrons. The third kappa shape index (κ3) is 3.11.